The Hall–Kier alpha value is -1.80. The highest BCUT2D eigenvalue weighted by molar-refractivity contribution is 7.19. The van der Waals surface area contributed by atoms with Crippen LogP contribution < -0.4 is 10.2 Å². The summed E-state index contributed by atoms with van der Waals surface area (Å²) in [6, 6.07) is 0. The van der Waals surface area contributed by atoms with Crippen molar-refractivity contribution in [2.24, 2.45) is 5.92 Å². The summed E-state index contributed by atoms with van der Waals surface area (Å²) in [4.78, 5) is 8.89. The monoisotopic (exact) mass is 332 g/mol. The second-order valence-electron chi connectivity index (χ2n) is 6.59. The summed E-state index contributed by atoms with van der Waals surface area (Å²) < 4.78 is 1.78. The first-order chi connectivity index (χ1) is 11.2. The maximum atomic E-state index is 4.67. The van der Waals surface area contributed by atoms with Crippen molar-refractivity contribution < 1.29 is 4.90 Å². The summed E-state index contributed by atoms with van der Waals surface area (Å²) in [7, 11) is 0. The van der Waals surface area contributed by atoms with Crippen molar-refractivity contribution in [3.8, 4) is 0 Å². The van der Waals surface area contributed by atoms with Gasteiger partial charge in [0.15, 0.2) is 0 Å². The molecule has 1 unspecified atom stereocenters. The first-order valence-corrected chi connectivity index (χ1v) is 9.08. The lowest BCUT2D eigenvalue weighted by atomic mass is 10.0. The van der Waals surface area contributed by atoms with Crippen LogP contribution in [0, 0.1) is 5.92 Å². The molecule has 2 N–H and O–H groups in total. The van der Waals surface area contributed by atoms with Gasteiger partial charge in [-0.15, -0.1) is 11.3 Å². The van der Waals surface area contributed by atoms with E-state index in [1.54, 1.807) is 9.42 Å². The number of hydrogen-bond donors (Lipinski definition) is 2. The number of thiophene rings is 1. The van der Waals surface area contributed by atoms with E-state index in [1.165, 1.54) is 28.9 Å². The predicted molar refractivity (Wildman–Crippen MR) is 91.1 cm³/mol. The molecule has 0 radical (unpaired) electrons. The van der Waals surface area contributed by atoms with E-state index >= 15 is 0 Å². The van der Waals surface area contributed by atoms with Gasteiger partial charge >= 0.3 is 0 Å². The third-order valence-corrected chi connectivity index (χ3v) is 5.69. The first-order valence-electron chi connectivity index (χ1n) is 8.27. The molecule has 1 aliphatic rings. The lowest BCUT2D eigenvalue weighted by Gasteiger charge is -2.22. The Morgan fingerprint density at radius 1 is 1.39 bits per heavy atom. The molecule has 0 aromatic carbocycles. The molecule has 0 spiro atoms. The minimum Gasteiger partial charge on any atom is -0.369 e. The highest BCUT2D eigenvalue weighted by Crippen LogP contribution is 2.36. The number of rotatable bonds is 4. The normalized spacial score (nSPS) is 18.0. The van der Waals surface area contributed by atoms with Crippen molar-refractivity contribution in [3.63, 3.8) is 0 Å². The first kappa shape index (κ1) is 14.8. The van der Waals surface area contributed by atoms with Gasteiger partial charge in [-0.3, -0.25) is 0 Å². The molecular formula is C15H22N7S+. The maximum absolute atomic E-state index is 4.67. The van der Waals surface area contributed by atoms with Crippen LogP contribution in [-0.2, 0) is 13.0 Å². The quantitative estimate of drug-likeness (QED) is 0.738. The molecule has 3 aromatic heterocycles. The SMILES string of the molecule is CC[NH+]1CCc2c(sc3c2c(NCC(C)C)nc2nnnn23)C1. The topological polar surface area (TPSA) is 72.4 Å². The van der Waals surface area contributed by atoms with E-state index < -0.39 is 0 Å². The van der Waals surface area contributed by atoms with Gasteiger partial charge in [-0.2, -0.15) is 9.50 Å². The minimum atomic E-state index is 0.563. The smallest absolute Gasteiger partial charge is 0.276 e. The lowest BCUT2D eigenvalue weighted by molar-refractivity contribution is -0.913. The zero-order valence-corrected chi connectivity index (χ0v) is 14.6. The Balaban J connectivity index is 1.90. The van der Waals surface area contributed by atoms with Gasteiger partial charge in [-0.1, -0.05) is 18.9 Å². The predicted octanol–water partition coefficient (Wildman–Crippen LogP) is 0.763. The van der Waals surface area contributed by atoms with Crippen molar-refractivity contribution in [2.75, 3.05) is 25.0 Å². The largest absolute Gasteiger partial charge is 0.369 e. The van der Waals surface area contributed by atoms with Gasteiger partial charge in [0.1, 0.15) is 17.2 Å². The Kier molecular flexibility index (Phi) is 3.65. The number of likely N-dealkylation sites (N-methyl/N-ethyl adjacent to an activating group) is 1. The molecule has 4 heterocycles. The number of anilines is 1. The van der Waals surface area contributed by atoms with Gasteiger partial charge in [0.2, 0.25) is 0 Å². The number of tetrazole rings is 1. The van der Waals surface area contributed by atoms with Gasteiger partial charge in [-0.25, -0.2) is 0 Å². The Morgan fingerprint density at radius 3 is 3.04 bits per heavy atom. The lowest BCUT2D eigenvalue weighted by Crippen LogP contribution is -3.11. The van der Waals surface area contributed by atoms with E-state index in [0.29, 0.717) is 11.7 Å². The van der Waals surface area contributed by atoms with Crippen LogP contribution in [0.4, 0.5) is 5.82 Å². The van der Waals surface area contributed by atoms with Gasteiger partial charge in [0.25, 0.3) is 5.78 Å². The van der Waals surface area contributed by atoms with E-state index in [-0.39, 0.29) is 0 Å². The van der Waals surface area contributed by atoms with Crippen LogP contribution in [-0.4, -0.2) is 44.7 Å². The molecule has 0 aliphatic carbocycles. The van der Waals surface area contributed by atoms with Crippen LogP contribution in [0.3, 0.4) is 0 Å². The Bertz CT molecular complexity index is 850. The number of nitrogens with one attached hydrogen (secondary N) is 2. The third-order valence-electron chi connectivity index (χ3n) is 4.48. The molecule has 1 aliphatic heterocycles. The van der Waals surface area contributed by atoms with Crippen LogP contribution in [0.1, 0.15) is 31.2 Å². The van der Waals surface area contributed by atoms with Gasteiger partial charge < -0.3 is 10.2 Å². The number of fused-ring (bicyclic) bond motifs is 5. The molecule has 0 amide bonds. The van der Waals surface area contributed by atoms with Crippen molar-refractivity contribution in [3.05, 3.63) is 10.4 Å². The third kappa shape index (κ3) is 2.46. The molecule has 23 heavy (non-hydrogen) atoms. The molecule has 122 valence electrons. The van der Waals surface area contributed by atoms with E-state index in [1.807, 2.05) is 11.3 Å². The number of hydrogen-bond acceptors (Lipinski definition) is 6. The minimum absolute atomic E-state index is 0.563. The highest BCUT2D eigenvalue weighted by atomic mass is 32.1. The number of nitrogens with zero attached hydrogens (tertiary/aromatic N) is 5. The Labute approximate surface area is 138 Å². The molecule has 0 fully saturated rings. The van der Waals surface area contributed by atoms with Gasteiger partial charge in [0.05, 0.1) is 23.4 Å². The molecule has 0 saturated carbocycles. The average molecular weight is 332 g/mol. The van der Waals surface area contributed by atoms with Crippen molar-refractivity contribution >= 4 is 33.1 Å². The van der Waals surface area contributed by atoms with Gasteiger partial charge in [-0.05, 0) is 28.8 Å². The van der Waals surface area contributed by atoms with Crippen LogP contribution in [0.25, 0.3) is 16.0 Å². The van der Waals surface area contributed by atoms with Crippen LogP contribution >= 0.6 is 11.3 Å². The fraction of sp³-hybridized carbons (Fsp3) is 0.600. The average Bonchev–Trinajstić information content (AvgIpc) is 3.15. The summed E-state index contributed by atoms with van der Waals surface area (Å²) in [6.45, 7) is 11.0. The van der Waals surface area contributed by atoms with E-state index in [9.17, 15) is 0 Å². The second kappa shape index (κ2) is 5.68. The molecular weight excluding hydrogens is 310 g/mol. The highest BCUT2D eigenvalue weighted by Gasteiger charge is 2.27. The van der Waals surface area contributed by atoms with Gasteiger partial charge in [0, 0.05) is 13.0 Å². The van der Waals surface area contributed by atoms with Crippen molar-refractivity contribution in [2.45, 2.75) is 33.7 Å². The molecule has 7 nitrogen and oxygen atoms in total. The molecule has 8 heteroatoms. The summed E-state index contributed by atoms with van der Waals surface area (Å²) in [5.41, 5.74) is 1.44. The van der Waals surface area contributed by atoms with Crippen molar-refractivity contribution in [1.82, 2.24) is 25.0 Å². The summed E-state index contributed by atoms with van der Waals surface area (Å²) in [5, 5.41) is 16.7. The van der Waals surface area contributed by atoms with E-state index in [4.69, 9.17) is 0 Å². The zero-order chi connectivity index (χ0) is 16.0. The van der Waals surface area contributed by atoms with E-state index in [2.05, 4.69) is 46.6 Å². The molecule has 1 atom stereocenters. The van der Waals surface area contributed by atoms with Crippen LogP contribution in [0.5, 0.6) is 0 Å². The second-order valence-corrected chi connectivity index (χ2v) is 7.67. The van der Waals surface area contributed by atoms with E-state index in [0.717, 1.165) is 30.2 Å². The number of aromatic nitrogens is 5. The zero-order valence-electron chi connectivity index (χ0n) is 13.8. The molecule has 3 aromatic rings. The van der Waals surface area contributed by atoms with Crippen LogP contribution in [0.2, 0.25) is 0 Å². The molecule has 0 bridgehead atoms. The van der Waals surface area contributed by atoms with Crippen molar-refractivity contribution in [1.29, 1.82) is 0 Å². The fourth-order valence-electron chi connectivity index (χ4n) is 3.19. The molecule has 4 rings (SSSR count). The standard InChI is InChI=1S/C15H21N7S/c1-4-21-6-5-10-11(8-21)23-14-12(10)13(16-7-9(2)3)17-15-18-19-20-22(14)15/h9H,4-8H2,1-3H3,(H,16,17,18,20)/p+1. The van der Waals surface area contributed by atoms with Crippen LogP contribution in [0.15, 0.2) is 0 Å². The Morgan fingerprint density at radius 2 is 2.26 bits per heavy atom. The number of quaternary nitrogens is 1. The molecule has 0 saturated heterocycles. The fourth-order valence-corrected chi connectivity index (χ4v) is 4.55. The summed E-state index contributed by atoms with van der Waals surface area (Å²) in [6.07, 6.45) is 1.10. The summed E-state index contributed by atoms with van der Waals surface area (Å²) in [5.74, 6) is 2.07. The maximum Gasteiger partial charge on any atom is 0.276 e. The summed E-state index contributed by atoms with van der Waals surface area (Å²) >= 11 is 1.82.